The zero-order chi connectivity index (χ0) is 25.5. The van der Waals surface area contributed by atoms with E-state index in [1.165, 1.54) is 33.5 Å². The smallest absolute Gasteiger partial charge is 0.121 e. The average Bonchev–Trinajstić information content (AvgIpc) is 3.57. The summed E-state index contributed by atoms with van der Waals surface area (Å²) in [6.07, 6.45) is 7.40. The molecular weight excluding hydrogens is 444 g/mol. The highest BCUT2D eigenvalue weighted by Crippen LogP contribution is 2.26. The minimum atomic E-state index is -0.661. The molecule has 2 heterocycles. The third-order valence-corrected chi connectivity index (χ3v) is 6.81. The Morgan fingerprint density at radius 1 is 0.806 bits per heavy atom. The van der Waals surface area contributed by atoms with Gasteiger partial charge in [0.25, 0.3) is 0 Å². The molecule has 184 valence electrons. The Labute approximate surface area is 213 Å². The van der Waals surface area contributed by atoms with E-state index in [2.05, 4.69) is 72.1 Å². The van der Waals surface area contributed by atoms with Crippen LogP contribution in [0, 0.1) is 27.7 Å². The number of H-pyrrole nitrogens is 1. The first-order valence-electron chi connectivity index (χ1n) is 12.2. The fourth-order valence-corrected chi connectivity index (χ4v) is 4.29. The number of aromatic amines is 1. The van der Waals surface area contributed by atoms with Gasteiger partial charge in [0.1, 0.15) is 6.10 Å². The third-order valence-electron chi connectivity index (χ3n) is 6.81. The number of aliphatic hydroxyl groups is 1. The standard InChI is InChI=1S/C19H20N2O.C12H14N2/c1-14-7-6-10-17(15(14)2)19(22)18-11-20-13-21(18)12-16-8-4-3-5-9-16;1-9-4-3-5-11(10(9)2)6-12-7-13-8-14-12/h3-11,13,19,22H,12H2,1-2H3;3-5,7-8H,6H2,1-2H3,(H,13,14). The van der Waals surface area contributed by atoms with Crippen LogP contribution in [0.3, 0.4) is 0 Å². The molecule has 0 spiro atoms. The number of hydrogen-bond donors (Lipinski definition) is 2. The van der Waals surface area contributed by atoms with Crippen molar-refractivity contribution in [1.29, 1.82) is 0 Å². The summed E-state index contributed by atoms with van der Waals surface area (Å²) < 4.78 is 2.00. The Balaban J connectivity index is 0.000000187. The Hall–Kier alpha value is -3.96. The zero-order valence-corrected chi connectivity index (χ0v) is 21.4. The maximum Gasteiger partial charge on any atom is 0.121 e. The summed E-state index contributed by atoms with van der Waals surface area (Å²) in [6.45, 7) is 9.13. The normalized spacial score (nSPS) is 11.6. The molecule has 5 rings (SSSR count). The van der Waals surface area contributed by atoms with E-state index in [1.54, 1.807) is 18.9 Å². The summed E-state index contributed by atoms with van der Waals surface area (Å²) in [4.78, 5) is 11.4. The van der Waals surface area contributed by atoms with Crippen LogP contribution in [0.4, 0.5) is 0 Å². The van der Waals surface area contributed by atoms with Crippen LogP contribution in [-0.4, -0.2) is 24.6 Å². The van der Waals surface area contributed by atoms with Crippen LogP contribution in [0.5, 0.6) is 0 Å². The topological polar surface area (TPSA) is 66.7 Å². The maximum atomic E-state index is 10.8. The van der Waals surface area contributed by atoms with Gasteiger partial charge in [-0.15, -0.1) is 0 Å². The van der Waals surface area contributed by atoms with Crippen molar-refractivity contribution in [3.8, 4) is 0 Å². The summed E-state index contributed by atoms with van der Waals surface area (Å²) in [6, 6.07) is 22.6. The van der Waals surface area contributed by atoms with E-state index in [0.29, 0.717) is 6.54 Å². The molecule has 0 saturated heterocycles. The van der Waals surface area contributed by atoms with Crippen LogP contribution in [0.15, 0.2) is 91.8 Å². The van der Waals surface area contributed by atoms with E-state index >= 15 is 0 Å². The van der Waals surface area contributed by atoms with Gasteiger partial charge in [0, 0.05) is 24.9 Å². The van der Waals surface area contributed by atoms with E-state index in [0.717, 1.165) is 23.2 Å². The number of aromatic nitrogens is 4. The molecule has 1 atom stereocenters. The minimum Gasteiger partial charge on any atom is -0.382 e. The SMILES string of the molecule is Cc1cccc(C(O)c2cncn2Cc2ccccc2)c1C.Cc1cccc(Cc2cnc[nH]2)c1C. The van der Waals surface area contributed by atoms with Gasteiger partial charge in [-0.05, 0) is 66.6 Å². The highest BCUT2D eigenvalue weighted by Gasteiger charge is 2.18. The molecule has 5 aromatic rings. The first-order valence-corrected chi connectivity index (χ1v) is 12.2. The third kappa shape index (κ3) is 5.99. The highest BCUT2D eigenvalue weighted by molar-refractivity contribution is 5.38. The van der Waals surface area contributed by atoms with Gasteiger partial charge in [0.15, 0.2) is 0 Å². The van der Waals surface area contributed by atoms with Gasteiger partial charge in [-0.2, -0.15) is 0 Å². The van der Waals surface area contributed by atoms with Gasteiger partial charge in [-0.3, -0.25) is 0 Å². The number of rotatable bonds is 6. The molecule has 5 heteroatoms. The quantitative estimate of drug-likeness (QED) is 0.303. The molecule has 2 N–H and O–H groups in total. The Bertz CT molecular complexity index is 1390. The summed E-state index contributed by atoms with van der Waals surface area (Å²) in [7, 11) is 0. The second-order valence-electron chi connectivity index (χ2n) is 9.24. The fourth-order valence-electron chi connectivity index (χ4n) is 4.29. The molecule has 3 aromatic carbocycles. The lowest BCUT2D eigenvalue weighted by molar-refractivity contribution is 0.209. The molecule has 0 aliphatic heterocycles. The van der Waals surface area contributed by atoms with Crippen molar-refractivity contribution < 1.29 is 5.11 Å². The van der Waals surface area contributed by atoms with Crippen LogP contribution < -0.4 is 0 Å². The Morgan fingerprint density at radius 2 is 1.53 bits per heavy atom. The van der Waals surface area contributed by atoms with Gasteiger partial charge in [-0.25, -0.2) is 9.97 Å². The predicted octanol–water partition coefficient (Wildman–Crippen LogP) is 6.25. The molecule has 1 unspecified atom stereocenters. The largest absolute Gasteiger partial charge is 0.382 e. The van der Waals surface area contributed by atoms with Crippen molar-refractivity contribution in [2.24, 2.45) is 0 Å². The molecular formula is C31H34N4O. The van der Waals surface area contributed by atoms with E-state index in [9.17, 15) is 5.11 Å². The number of aliphatic hydroxyl groups excluding tert-OH is 1. The van der Waals surface area contributed by atoms with Crippen molar-refractivity contribution in [3.05, 3.63) is 142 Å². The molecule has 2 aromatic heterocycles. The van der Waals surface area contributed by atoms with Crippen molar-refractivity contribution >= 4 is 0 Å². The summed E-state index contributed by atoms with van der Waals surface area (Å²) in [5.74, 6) is 0. The molecule has 5 nitrogen and oxygen atoms in total. The Kier molecular flexibility index (Phi) is 8.13. The van der Waals surface area contributed by atoms with Crippen molar-refractivity contribution in [1.82, 2.24) is 19.5 Å². The minimum absolute atomic E-state index is 0.661. The van der Waals surface area contributed by atoms with Crippen LogP contribution >= 0.6 is 0 Å². The number of aryl methyl sites for hydroxylation is 2. The van der Waals surface area contributed by atoms with Crippen molar-refractivity contribution in [3.63, 3.8) is 0 Å². The molecule has 36 heavy (non-hydrogen) atoms. The Morgan fingerprint density at radius 3 is 2.25 bits per heavy atom. The maximum absolute atomic E-state index is 10.8. The molecule has 0 saturated carbocycles. The van der Waals surface area contributed by atoms with Crippen LogP contribution in [0.2, 0.25) is 0 Å². The van der Waals surface area contributed by atoms with Crippen molar-refractivity contribution in [2.75, 3.05) is 0 Å². The molecule has 0 aliphatic rings. The zero-order valence-electron chi connectivity index (χ0n) is 21.4. The van der Waals surface area contributed by atoms with Gasteiger partial charge in [0.2, 0.25) is 0 Å². The molecule has 0 aliphatic carbocycles. The van der Waals surface area contributed by atoms with Crippen LogP contribution in [-0.2, 0) is 13.0 Å². The lowest BCUT2D eigenvalue weighted by Gasteiger charge is -2.17. The highest BCUT2D eigenvalue weighted by atomic mass is 16.3. The second-order valence-corrected chi connectivity index (χ2v) is 9.24. The second kappa shape index (κ2) is 11.6. The number of benzene rings is 3. The number of nitrogens with one attached hydrogen (secondary N) is 1. The average molecular weight is 479 g/mol. The predicted molar refractivity (Wildman–Crippen MR) is 145 cm³/mol. The van der Waals surface area contributed by atoms with Crippen LogP contribution in [0.25, 0.3) is 0 Å². The van der Waals surface area contributed by atoms with Gasteiger partial charge in [-0.1, -0.05) is 66.7 Å². The summed E-state index contributed by atoms with van der Waals surface area (Å²) >= 11 is 0. The molecule has 0 radical (unpaired) electrons. The monoisotopic (exact) mass is 478 g/mol. The first-order chi connectivity index (χ1) is 17.4. The van der Waals surface area contributed by atoms with Gasteiger partial charge in [0.05, 0.1) is 24.5 Å². The summed E-state index contributed by atoms with van der Waals surface area (Å²) in [5, 5.41) is 10.8. The number of nitrogens with zero attached hydrogens (tertiary/aromatic N) is 3. The van der Waals surface area contributed by atoms with Gasteiger partial charge < -0.3 is 14.7 Å². The van der Waals surface area contributed by atoms with E-state index in [1.807, 2.05) is 48.0 Å². The van der Waals surface area contributed by atoms with Crippen molar-refractivity contribution in [2.45, 2.75) is 46.8 Å². The van der Waals surface area contributed by atoms with E-state index in [-0.39, 0.29) is 0 Å². The number of imidazole rings is 2. The fraction of sp³-hybridized carbons (Fsp3) is 0.226. The van der Waals surface area contributed by atoms with E-state index < -0.39 is 6.10 Å². The molecule has 0 bridgehead atoms. The van der Waals surface area contributed by atoms with Gasteiger partial charge >= 0.3 is 0 Å². The van der Waals surface area contributed by atoms with Crippen LogP contribution in [0.1, 0.15) is 56.4 Å². The molecule has 0 amide bonds. The number of hydrogen-bond acceptors (Lipinski definition) is 3. The lowest BCUT2D eigenvalue weighted by Crippen LogP contribution is -2.10. The summed E-state index contributed by atoms with van der Waals surface area (Å²) in [5.41, 5.74) is 10.5. The lowest BCUT2D eigenvalue weighted by atomic mass is 9.97. The van der Waals surface area contributed by atoms with E-state index in [4.69, 9.17) is 0 Å². The molecule has 0 fully saturated rings. The first kappa shape index (κ1) is 25.1.